The summed E-state index contributed by atoms with van der Waals surface area (Å²) < 4.78 is 10.9. The summed E-state index contributed by atoms with van der Waals surface area (Å²) in [5.41, 5.74) is 8.41. The number of thiophene rings is 1. The molecule has 53 heavy (non-hydrogen) atoms. The van der Waals surface area contributed by atoms with E-state index in [9.17, 15) is 0 Å². The molecule has 0 amide bonds. The molecule has 0 aliphatic rings. The molecule has 0 atom stereocenters. The molecule has 12 aromatic rings. The third-order valence-electron chi connectivity index (χ3n) is 10.8. The van der Waals surface area contributed by atoms with Crippen LogP contribution >= 0.6 is 11.3 Å². The van der Waals surface area contributed by atoms with Gasteiger partial charge in [0.05, 0.1) is 21.3 Å². The molecular weight excluding hydrogens is 667 g/mol. The quantitative estimate of drug-likeness (QED) is 0.185. The second-order valence-corrected chi connectivity index (χ2v) is 14.8. The van der Waals surface area contributed by atoms with E-state index in [-0.39, 0.29) is 0 Å². The van der Waals surface area contributed by atoms with Crippen LogP contribution in [0.3, 0.4) is 0 Å². The lowest BCUT2D eigenvalue weighted by Gasteiger charge is -2.12. The Morgan fingerprint density at radius 3 is 2.06 bits per heavy atom. The largest absolute Gasteiger partial charge is 0.456 e. The molecule has 8 aromatic carbocycles. The lowest BCUT2D eigenvalue weighted by atomic mass is 10.00. The molecule has 0 bridgehead atoms. The fourth-order valence-corrected chi connectivity index (χ4v) is 9.41. The fourth-order valence-electron chi connectivity index (χ4n) is 8.29. The van der Waals surface area contributed by atoms with Gasteiger partial charge in [-0.25, -0.2) is 9.97 Å². The Morgan fingerprint density at radius 1 is 0.453 bits per heavy atom. The second kappa shape index (κ2) is 10.8. The molecule has 0 radical (unpaired) electrons. The number of rotatable bonds is 3. The van der Waals surface area contributed by atoms with E-state index in [1.54, 1.807) is 11.3 Å². The van der Waals surface area contributed by atoms with Crippen LogP contribution in [0.25, 0.3) is 114 Å². The van der Waals surface area contributed by atoms with Gasteiger partial charge in [0.2, 0.25) is 0 Å². The standard InChI is InChI=1S/C48H27N3OS/c1-2-10-28(11-3-1)29-18-19-31-25-33(21-20-30(31)24-29)47-49-45-36-14-6-9-17-43(36)53-46(45)48(50-47)51-39-15-7-4-12-34(39)38-27-37-32(26-40(38)51)22-23-42-44(37)35-13-5-8-16-41(35)52-42/h1-27H. The molecule has 12 rings (SSSR count). The van der Waals surface area contributed by atoms with Crippen molar-refractivity contribution >= 4 is 96.9 Å². The van der Waals surface area contributed by atoms with Gasteiger partial charge in [-0.3, -0.25) is 4.57 Å². The minimum Gasteiger partial charge on any atom is -0.456 e. The van der Waals surface area contributed by atoms with E-state index in [1.807, 2.05) is 12.1 Å². The number of hydrogen-bond acceptors (Lipinski definition) is 4. The third-order valence-corrected chi connectivity index (χ3v) is 11.9. The van der Waals surface area contributed by atoms with Crippen molar-refractivity contribution in [2.75, 3.05) is 0 Å². The van der Waals surface area contributed by atoms with Crippen LogP contribution < -0.4 is 0 Å². The van der Waals surface area contributed by atoms with Crippen molar-refractivity contribution in [1.29, 1.82) is 0 Å². The minimum atomic E-state index is 0.711. The summed E-state index contributed by atoms with van der Waals surface area (Å²) in [5, 5.41) is 10.5. The van der Waals surface area contributed by atoms with Crippen LogP contribution in [-0.2, 0) is 0 Å². The highest BCUT2D eigenvalue weighted by atomic mass is 32.1. The summed E-state index contributed by atoms with van der Waals surface area (Å²) in [6, 6.07) is 58.3. The Labute approximate surface area is 306 Å². The third kappa shape index (κ3) is 4.23. The number of benzene rings is 8. The zero-order valence-electron chi connectivity index (χ0n) is 28.2. The molecule has 4 nitrogen and oxygen atoms in total. The zero-order chi connectivity index (χ0) is 34.6. The average molecular weight is 694 g/mol. The van der Waals surface area contributed by atoms with Gasteiger partial charge in [-0.1, -0.05) is 115 Å². The van der Waals surface area contributed by atoms with E-state index in [0.29, 0.717) is 5.82 Å². The summed E-state index contributed by atoms with van der Waals surface area (Å²) in [6.07, 6.45) is 0. The topological polar surface area (TPSA) is 43.9 Å². The second-order valence-electron chi connectivity index (χ2n) is 13.8. The van der Waals surface area contributed by atoms with Crippen LogP contribution in [0.15, 0.2) is 168 Å². The number of fused-ring (bicyclic) bond motifs is 12. The van der Waals surface area contributed by atoms with Gasteiger partial charge in [-0.05, 0) is 81.2 Å². The maximum absolute atomic E-state index is 6.30. The van der Waals surface area contributed by atoms with Crippen molar-refractivity contribution in [3.63, 3.8) is 0 Å². The SMILES string of the molecule is c1ccc(-c2ccc3cc(-c4nc(-n5c6ccccc6c6cc7c(ccc8oc9ccccc9c87)cc65)c5sc6ccccc6c5n4)ccc3c2)cc1. The number of hydrogen-bond donors (Lipinski definition) is 0. The minimum absolute atomic E-state index is 0.711. The van der Waals surface area contributed by atoms with E-state index in [2.05, 4.69) is 156 Å². The van der Waals surface area contributed by atoms with E-state index < -0.39 is 0 Å². The molecule has 5 heteroatoms. The Balaban J connectivity index is 1.14. The molecule has 0 saturated carbocycles. The van der Waals surface area contributed by atoms with Crippen LogP contribution in [0.1, 0.15) is 0 Å². The van der Waals surface area contributed by atoms with Crippen molar-refractivity contribution < 1.29 is 4.42 Å². The predicted octanol–water partition coefficient (Wildman–Crippen LogP) is 13.5. The zero-order valence-corrected chi connectivity index (χ0v) is 29.1. The predicted molar refractivity (Wildman–Crippen MR) is 222 cm³/mol. The first kappa shape index (κ1) is 28.8. The monoisotopic (exact) mass is 693 g/mol. The van der Waals surface area contributed by atoms with Gasteiger partial charge in [0.15, 0.2) is 11.6 Å². The first-order chi connectivity index (χ1) is 26.2. The van der Waals surface area contributed by atoms with Gasteiger partial charge in [0.25, 0.3) is 0 Å². The highest BCUT2D eigenvalue weighted by Crippen LogP contribution is 2.43. The summed E-state index contributed by atoms with van der Waals surface area (Å²) in [4.78, 5) is 10.8. The molecule has 0 unspecified atom stereocenters. The number of para-hydroxylation sites is 2. The van der Waals surface area contributed by atoms with Gasteiger partial charge in [0.1, 0.15) is 11.2 Å². The Kier molecular flexibility index (Phi) is 5.90. The van der Waals surface area contributed by atoms with Gasteiger partial charge in [0, 0.05) is 37.2 Å². The fraction of sp³-hybridized carbons (Fsp3) is 0. The highest BCUT2D eigenvalue weighted by Gasteiger charge is 2.22. The first-order valence-electron chi connectivity index (χ1n) is 17.8. The van der Waals surface area contributed by atoms with E-state index in [4.69, 9.17) is 14.4 Å². The van der Waals surface area contributed by atoms with Crippen molar-refractivity contribution in [2.24, 2.45) is 0 Å². The maximum Gasteiger partial charge on any atom is 0.162 e. The molecule has 4 heterocycles. The van der Waals surface area contributed by atoms with E-state index in [0.717, 1.165) is 70.7 Å². The molecule has 0 N–H and O–H groups in total. The summed E-state index contributed by atoms with van der Waals surface area (Å²) in [5.74, 6) is 1.61. The van der Waals surface area contributed by atoms with Crippen molar-refractivity contribution in [1.82, 2.24) is 14.5 Å². The lowest BCUT2D eigenvalue weighted by Crippen LogP contribution is -2.01. The molecule has 4 aromatic heterocycles. The lowest BCUT2D eigenvalue weighted by molar-refractivity contribution is 0.669. The Bertz CT molecular complexity index is 3460. The molecule has 0 aliphatic carbocycles. The van der Waals surface area contributed by atoms with Gasteiger partial charge in [-0.2, -0.15) is 0 Å². The maximum atomic E-state index is 6.30. The van der Waals surface area contributed by atoms with Crippen molar-refractivity contribution in [3.05, 3.63) is 164 Å². The van der Waals surface area contributed by atoms with E-state index in [1.165, 1.54) is 37.4 Å². The number of furan rings is 1. The van der Waals surface area contributed by atoms with Crippen LogP contribution in [0, 0.1) is 0 Å². The molecule has 0 spiro atoms. The van der Waals surface area contributed by atoms with Crippen molar-refractivity contribution in [3.8, 4) is 28.3 Å². The van der Waals surface area contributed by atoms with Gasteiger partial charge >= 0.3 is 0 Å². The summed E-state index contributed by atoms with van der Waals surface area (Å²) in [6.45, 7) is 0. The number of aromatic nitrogens is 3. The normalized spacial score (nSPS) is 12.2. The average Bonchev–Trinajstić information content (AvgIpc) is 3.89. The van der Waals surface area contributed by atoms with Gasteiger partial charge < -0.3 is 4.42 Å². The molecular formula is C48H27N3OS. The first-order valence-corrected chi connectivity index (χ1v) is 18.6. The van der Waals surface area contributed by atoms with Crippen LogP contribution in [0.5, 0.6) is 0 Å². The van der Waals surface area contributed by atoms with Crippen LogP contribution in [-0.4, -0.2) is 14.5 Å². The van der Waals surface area contributed by atoms with Crippen LogP contribution in [0.2, 0.25) is 0 Å². The van der Waals surface area contributed by atoms with Gasteiger partial charge in [-0.15, -0.1) is 11.3 Å². The summed E-state index contributed by atoms with van der Waals surface area (Å²) >= 11 is 1.76. The van der Waals surface area contributed by atoms with E-state index >= 15 is 0 Å². The smallest absolute Gasteiger partial charge is 0.162 e. The number of nitrogens with zero attached hydrogens (tertiary/aromatic N) is 3. The van der Waals surface area contributed by atoms with Crippen molar-refractivity contribution in [2.45, 2.75) is 0 Å². The molecule has 0 fully saturated rings. The highest BCUT2D eigenvalue weighted by molar-refractivity contribution is 7.26. The molecule has 0 aliphatic heterocycles. The molecule has 0 saturated heterocycles. The van der Waals surface area contributed by atoms with Crippen LogP contribution in [0.4, 0.5) is 0 Å². The summed E-state index contributed by atoms with van der Waals surface area (Å²) in [7, 11) is 0. The Hall–Kier alpha value is -6.82. The Morgan fingerprint density at radius 2 is 1.17 bits per heavy atom. The molecule has 246 valence electrons.